The lowest BCUT2D eigenvalue weighted by Gasteiger charge is -2.35. The van der Waals surface area contributed by atoms with Crippen molar-refractivity contribution in [3.05, 3.63) is 28.6 Å². The van der Waals surface area contributed by atoms with Gasteiger partial charge in [0.05, 0.1) is 11.5 Å². The molecular weight excluding hydrogens is 236 g/mol. The molecule has 0 radical (unpaired) electrons. The Morgan fingerprint density at radius 2 is 2.11 bits per heavy atom. The van der Waals surface area contributed by atoms with Crippen molar-refractivity contribution >= 4 is 11.4 Å². The molecule has 0 aromatic carbocycles. The van der Waals surface area contributed by atoms with Gasteiger partial charge in [-0.15, -0.1) is 0 Å². The Balaban J connectivity index is 2.07. The lowest BCUT2D eigenvalue weighted by atomic mass is 10.2. The van der Waals surface area contributed by atoms with Crippen LogP contribution in [0.15, 0.2) is 18.5 Å². The van der Waals surface area contributed by atoms with Gasteiger partial charge in [-0.1, -0.05) is 0 Å². The number of β-amino-alcohol motifs (C(OH)–C–C–N with tert-alkyl or cyclic N) is 1. The van der Waals surface area contributed by atoms with Crippen LogP contribution in [0, 0.1) is 10.1 Å². The van der Waals surface area contributed by atoms with E-state index in [0.29, 0.717) is 12.2 Å². The summed E-state index contributed by atoms with van der Waals surface area (Å²) in [4.78, 5) is 18.5. The Morgan fingerprint density at radius 3 is 2.72 bits per heavy atom. The molecule has 2 heterocycles. The number of hydrogen-bond acceptors (Lipinski definition) is 6. The standard InChI is InChI=1S/C11H16N4O3/c16-8-7-13-3-5-14(6-4-13)10-1-2-12-9-11(10)15(17)18/h1-2,9,16H,3-8H2. The monoisotopic (exact) mass is 252 g/mol. The molecule has 1 aromatic rings. The summed E-state index contributed by atoms with van der Waals surface area (Å²) < 4.78 is 0. The van der Waals surface area contributed by atoms with Crippen molar-refractivity contribution in [3.63, 3.8) is 0 Å². The van der Waals surface area contributed by atoms with E-state index in [2.05, 4.69) is 9.88 Å². The van der Waals surface area contributed by atoms with Crippen molar-refractivity contribution in [1.29, 1.82) is 0 Å². The summed E-state index contributed by atoms with van der Waals surface area (Å²) in [5.41, 5.74) is 0.673. The van der Waals surface area contributed by atoms with Crippen molar-refractivity contribution in [3.8, 4) is 0 Å². The van der Waals surface area contributed by atoms with Gasteiger partial charge >= 0.3 is 5.69 Å². The normalized spacial score (nSPS) is 16.8. The highest BCUT2D eigenvalue weighted by atomic mass is 16.6. The third-order valence-corrected chi connectivity index (χ3v) is 3.10. The minimum absolute atomic E-state index is 0.0492. The van der Waals surface area contributed by atoms with Crippen LogP contribution in [0.3, 0.4) is 0 Å². The molecule has 0 bridgehead atoms. The molecule has 7 heteroatoms. The molecule has 1 saturated heterocycles. The van der Waals surface area contributed by atoms with Crippen molar-refractivity contribution in [2.75, 3.05) is 44.2 Å². The highest BCUT2D eigenvalue weighted by Gasteiger charge is 2.23. The summed E-state index contributed by atoms with van der Waals surface area (Å²) in [7, 11) is 0. The lowest BCUT2D eigenvalue weighted by molar-refractivity contribution is -0.384. The average molecular weight is 252 g/mol. The summed E-state index contributed by atoms with van der Waals surface area (Å²) in [6.07, 6.45) is 2.86. The van der Waals surface area contributed by atoms with Crippen LogP contribution < -0.4 is 4.90 Å². The zero-order chi connectivity index (χ0) is 13.0. The topological polar surface area (TPSA) is 82.7 Å². The Labute approximate surface area is 105 Å². The maximum atomic E-state index is 10.9. The average Bonchev–Trinajstić information content (AvgIpc) is 2.40. The van der Waals surface area contributed by atoms with Crippen LogP contribution in [0.25, 0.3) is 0 Å². The van der Waals surface area contributed by atoms with Crippen molar-refractivity contribution < 1.29 is 10.0 Å². The van der Waals surface area contributed by atoms with Crippen LogP contribution in [0.4, 0.5) is 11.4 Å². The fourth-order valence-electron chi connectivity index (χ4n) is 2.14. The number of pyridine rings is 1. The first-order chi connectivity index (χ1) is 8.72. The molecule has 2 rings (SSSR count). The number of hydrogen-bond donors (Lipinski definition) is 1. The van der Waals surface area contributed by atoms with E-state index in [9.17, 15) is 10.1 Å². The van der Waals surface area contributed by atoms with Gasteiger partial charge in [-0.2, -0.15) is 0 Å². The molecule has 1 N–H and O–H groups in total. The highest BCUT2D eigenvalue weighted by molar-refractivity contribution is 5.61. The number of rotatable bonds is 4. The third kappa shape index (κ3) is 2.74. The molecule has 0 saturated carbocycles. The third-order valence-electron chi connectivity index (χ3n) is 3.10. The lowest BCUT2D eigenvalue weighted by Crippen LogP contribution is -2.47. The van der Waals surface area contributed by atoms with Crippen LogP contribution in [-0.4, -0.2) is 59.2 Å². The van der Waals surface area contributed by atoms with E-state index in [0.717, 1.165) is 26.2 Å². The second-order valence-electron chi connectivity index (χ2n) is 4.17. The van der Waals surface area contributed by atoms with E-state index < -0.39 is 4.92 Å². The number of aliphatic hydroxyl groups excluding tert-OH is 1. The van der Waals surface area contributed by atoms with Gasteiger partial charge in [0.15, 0.2) is 0 Å². The second-order valence-corrected chi connectivity index (χ2v) is 4.17. The number of aliphatic hydroxyl groups is 1. The number of piperazine rings is 1. The van der Waals surface area contributed by atoms with Crippen LogP contribution in [0.2, 0.25) is 0 Å². The van der Waals surface area contributed by atoms with Gasteiger partial charge in [-0.25, -0.2) is 0 Å². The summed E-state index contributed by atoms with van der Waals surface area (Å²) in [6.45, 7) is 3.87. The summed E-state index contributed by atoms with van der Waals surface area (Å²) >= 11 is 0. The quantitative estimate of drug-likeness (QED) is 0.604. The van der Waals surface area contributed by atoms with Gasteiger partial charge in [0.1, 0.15) is 11.9 Å². The van der Waals surface area contributed by atoms with E-state index >= 15 is 0 Å². The molecule has 1 aliphatic rings. The number of nitro groups is 1. The highest BCUT2D eigenvalue weighted by Crippen LogP contribution is 2.27. The van der Waals surface area contributed by atoms with Crippen LogP contribution in [0.5, 0.6) is 0 Å². The zero-order valence-corrected chi connectivity index (χ0v) is 10.0. The maximum Gasteiger partial charge on any atom is 0.310 e. The summed E-state index contributed by atoms with van der Waals surface area (Å²) in [6, 6.07) is 1.68. The zero-order valence-electron chi connectivity index (χ0n) is 10.0. The largest absolute Gasteiger partial charge is 0.395 e. The molecule has 98 valence electrons. The minimum Gasteiger partial charge on any atom is -0.395 e. The smallest absolute Gasteiger partial charge is 0.310 e. The predicted octanol–water partition coefficient (Wildman–Crippen LogP) is 0.104. The molecule has 1 aromatic heterocycles. The number of nitrogens with zero attached hydrogens (tertiary/aromatic N) is 4. The van der Waals surface area contributed by atoms with Gasteiger partial charge < -0.3 is 10.0 Å². The van der Waals surface area contributed by atoms with E-state index in [1.165, 1.54) is 6.20 Å². The second kappa shape index (κ2) is 5.74. The van der Waals surface area contributed by atoms with Crippen LogP contribution >= 0.6 is 0 Å². The van der Waals surface area contributed by atoms with Gasteiger partial charge in [0.25, 0.3) is 0 Å². The van der Waals surface area contributed by atoms with E-state index in [1.54, 1.807) is 12.3 Å². The Morgan fingerprint density at radius 1 is 1.39 bits per heavy atom. The van der Waals surface area contributed by atoms with Gasteiger partial charge in [0.2, 0.25) is 0 Å². The van der Waals surface area contributed by atoms with E-state index in [1.807, 2.05) is 4.90 Å². The first kappa shape index (κ1) is 12.7. The first-order valence-corrected chi connectivity index (χ1v) is 5.89. The van der Waals surface area contributed by atoms with Crippen molar-refractivity contribution in [1.82, 2.24) is 9.88 Å². The summed E-state index contributed by atoms with van der Waals surface area (Å²) in [5.74, 6) is 0. The molecule has 18 heavy (non-hydrogen) atoms. The fraction of sp³-hybridized carbons (Fsp3) is 0.545. The molecule has 0 unspecified atom stereocenters. The van der Waals surface area contributed by atoms with Gasteiger partial charge in [0, 0.05) is 38.9 Å². The minimum atomic E-state index is -0.400. The van der Waals surface area contributed by atoms with Crippen molar-refractivity contribution in [2.45, 2.75) is 0 Å². The van der Waals surface area contributed by atoms with Crippen LogP contribution in [-0.2, 0) is 0 Å². The molecule has 7 nitrogen and oxygen atoms in total. The van der Waals surface area contributed by atoms with Crippen molar-refractivity contribution in [2.24, 2.45) is 0 Å². The van der Waals surface area contributed by atoms with E-state index in [4.69, 9.17) is 5.11 Å². The first-order valence-electron chi connectivity index (χ1n) is 5.89. The predicted molar refractivity (Wildman–Crippen MR) is 66.6 cm³/mol. The molecule has 0 spiro atoms. The molecule has 1 fully saturated rings. The molecule has 0 aliphatic carbocycles. The Hall–Kier alpha value is -1.73. The molecule has 1 aliphatic heterocycles. The molecule has 0 atom stereocenters. The SMILES string of the molecule is O=[N+]([O-])c1cnccc1N1CCN(CCO)CC1. The van der Waals surface area contributed by atoms with Gasteiger partial charge in [-0.3, -0.25) is 20.0 Å². The van der Waals surface area contributed by atoms with Crippen LogP contribution in [0.1, 0.15) is 0 Å². The van der Waals surface area contributed by atoms with Gasteiger partial charge in [-0.05, 0) is 6.07 Å². The molecular formula is C11H16N4O3. The Bertz CT molecular complexity index is 419. The maximum absolute atomic E-state index is 10.9. The fourth-order valence-corrected chi connectivity index (χ4v) is 2.14. The van der Waals surface area contributed by atoms with E-state index in [-0.39, 0.29) is 12.3 Å². The number of anilines is 1. The summed E-state index contributed by atoms with van der Waals surface area (Å²) in [5, 5.41) is 19.8. The molecule has 0 amide bonds. The number of aromatic nitrogens is 1. The Kier molecular flexibility index (Phi) is 4.06.